The van der Waals surface area contributed by atoms with E-state index in [1.54, 1.807) is 41.0 Å². The summed E-state index contributed by atoms with van der Waals surface area (Å²) in [5.74, 6) is -0.0601. The maximum Gasteiger partial charge on any atom is 0.220 e. The molecule has 0 radical (unpaired) electrons. The number of aromatic hydroxyl groups is 1. The van der Waals surface area contributed by atoms with Gasteiger partial charge in [0.15, 0.2) is 11.5 Å². The van der Waals surface area contributed by atoms with Crippen LogP contribution in [0.2, 0.25) is 0 Å². The van der Waals surface area contributed by atoms with Gasteiger partial charge in [-0.2, -0.15) is 5.26 Å². The summed E-state index contributed by atoms with van der Waals surface area (Å²) in [6.07, 6.45) is 8.10. The number of ketones is 1. The Balaban J connectivity index is 2.20. The molecular formula is C17H12N2O3. The Morgan fingerprint density at radius 3 is 2.91 bits per heavy atom. The van der Waals surface area contributed by atoms with E-state index in [2.05, 4.69) is 0 Å². The van der Waals surface area contributed by atoms with Crippen LogP contribution in [0.25, 0.3) is 11.6 Å². The summed E-state index contributed by atoms with van der Waals surface area (Å²) >= 11 is 0. The largest absolute Gasteiger partial charge is 0.504 e. The van der Waals surface area contributed by atoms with Crippen LogP contribution >= 0.6 is 0 Å². The van der Waals surface area contributed by atoms with Crippen molar-refractivity contribution in [3.8, 4) is 11.8 Å². The predicted octanol–water partition coefficient (Wildman–Crippen LogP) is 2.57. The lowest BCUT2D eigenvalue weighted by Gasteiger charge is -2.07. The van der Waals surface area contributed by atoms with Crippen molar-refractivity contribution in [1.29, 1.82) is 5.26 Å². The normalized spacial score (nSPS) is 15.9. The highest BCUT2D eigenvalue weighted by atomic mass is 16.5. The summed E-state index contributed by atoms with van der Waals surface area (Å²) < 4.78 is 6.74. The summed E-state index contributed by atoms with van der Waals surface area (Å²) in [7, 11) is 1.43. The summed E-state index contributed by atoms with van der Waals surface area (Å²) in [4.78, 5) is 11.5. The van der Waals surface area contributed by atoms with Gasteiger partial charge in [0.25, 0.3) is 0 Å². The molecule has 5 nitrogen and oxygen atoms in total. The smallest absolute Gasteiger partial charge is 0.220 e. The number of pyridine rings is 1. The van der Waals surface area contributed by atoms with Crippen molar-refractivity contribution in [2.45, 2.75) is 0 Å². The monoisotopic (exact) mass is 292 g/mol. The highest BCUT2D eigenvalue weighted by Gasteiger charge is 2.17. The Morgan fingerprint density at radius 2 is 2.18 bits per heavy atom. The predicted molar refractivity (Wildman–Crippen MR) is 81.0 cm³/mol. The van der Waals surface area contributed by atoms with Crippen LogP contribution < -0.4 is 0 Å². The molecule has 0 fully saturated rings. The second kappa shape index (κ2) is 5.26. The van der Waals surface area contributed by atoms with Gasteiger partial charge in [0.2, 0.25) is 5.78 Å². The number of nitriles is 1. The van der Waals surface area contributed by atoms with Crippen LogP contribution in [0.5, 0.6) is 5.75 Å². The minimum atomic E-state index is -0.207. The Bertz CT molecular complexity index is 908. The molecule has 0 aromatic carbocycles. The van der Waals surface area contributed by atoms with Crippen molar-refractivity contribution in [3.05, 3.63) is 65.2 Å². The number of hydrogen-bond acceptors (Lipinski definition) is 4. The number of allylic oxidation sites excluding steroid dienone is 4. The van der Waals surface area contributed by atoms with E-state index in [4.69, 9.17) is 4.74 Å². The topological polar surface area (TPSA) is 74.7 Å². The van der Waals surface area contributed by atoms with Crippen molar-refractivity contribution in [2.75, 3.05) is 7.11 Å². The minimum Gasteiger partial charge on any atom is -0.504 e. The van der Waals surface area contributed by atoms with Crippen LogP contribution in [-0.2, 0) is 9.53 Å². The van der Waals surface area contributed by atoms with Crippen LogP contribution in [-0.4, -0.2) is 22.4 Å². The number of nitrogens with zero attached hydrogens (tertiary/aromatic N) is 2. The number of methoxy groups -OCH3 is 1. The SMILES string of the molecule is COC1=C/C(=C\c2c(O)c(C#N)c3ccccn23)C=CC1=O. The van der Waals surface area contributed by atoms with E-state index in [-0.39, 0.29) is 22.9 Å². The van der Waals surface area contributed by atoms with Gasteiger partial charge in [-0.15, -0.1) is 0 Å². The zero-order valence-corrected chi connectivity index (χ0v) is 11.8. The second-order valence-electron chi connectivity index (χ2n) is 4.73. The van der Waals surface area contributed by atoms with Gasteiger partial charge in [-0.3, -0.25) is 4.79 Å². The van der Waals surface area contributed by atoms with Crippen molar-refractivity contribution in [2.24, 2.45) is 0 Å². The fourth-order valence-electron chi connectivity index (χ4n) is 2.40. The number of rotatable bonds is 2. The highest BCUT2D eigenvalue weighted by Crippen LogP contribution is 2.31. The summed E-state index contributed by atoms with van der Waals surface area (Å²) in [5, 5.41) is 19.5. The maximum absolute atomic E-state index is 11.5. The Kier molecular flexibility index (Phi) is 3.28. The summed E-state index contributed by atoms with van der Waals surface area (Å²) in [6, 6.07) is 7.38. The number of carbonyl (C=O) groups is 1. The molecule has 5 heteroatoms. The maximum atomic E-state index is 11.5. The van der Waals surface area contributed by atoms with E-state index in [0.717, 1.165) is 0 Å². The average molecular weight is 292 g/mol. The third-order valence-corrected chi connectivity index (χ3v) is 3.46. The van der Waals surface area contributed by atoms with Crippen LogP contribution in [0.1, 0.15) is 11.3 Å². The van der Waals surface area contributed by atoms with E-state index < -0.39 is 0 Å². The number of fused-ring (bicyclic) bond motifs is 1. The standard InChI is InChI=1S/C17H12N2O3/c1-22-16-9-11(5-6-15(16)20)8-14-17(21)12(10-18)13-4-2-3-7-19(13)14/h2-9,21H,1H3/b11-8-. The van der Waals surface area contributed by atoms with Gasteiger partial charge in [-0.25, -0.2) is 0 Å². The van der Waals surface area contributed by atoms with E-state index in [9.17, 15) is 15.2 Å². The summed E-state index contributed by atoms with van der Waals surface area (Å²) in [6.45, 7) is 0. The van der Waals surface area contributed by atoms with Crippen molar-refractivity contribution in [1.82, 2.24) is 4.40 Å². The first-order valence-corrected chi connectivity index (χ1v) is 6.57. The molecule has 0 bridgehead atoms. The fourth-order valence-corrected chi connectivity index (χ4v) is 2.40. The van der Waals surface area contributed by atoms with Crippen LogP contribution in [0.15, 0.2) is 54.0 Å². The molecule has 2 aromatic heterocycles. The van der Waals surface area contributed by atoms with Gasteiger partial charge in [0.1, 0.15) is 11.6 Å². The molecular weight excluding hydrogens is 280 g/mol. The quantitative estimate of drug-likeness (QED) is 0.923. The molecule has 0 aliphatic heterocycles. The van der Waals surface area contributed by atoms with E-state index >= 15 is 0 Å². The van der Waals surface area contributed by atoms with E-state index in [1.807, 2.05) is 12.1 Å². The first kappa shape index (κ1) is 13.7. The first-order valence-electron chi connectivity index (χ1n) is 6.57. The van der Waals surface area contributed by atoms with Gasteiger partial charge < -0.3 is 14.2 Å². The molecule has 0 saturated heterocycles. The molecule has 1 N–H and O–H groups in total. The molecule has 2 heterocycles. The molecule has 0 saturated carbocycles. The molecule has 2 aromatic rings. The van der Waals surface area contributed by atoms with Crippen molar-refractivity contribution in [3.63, 3.8) is 0 Å². The van der Waals surface area contributed by atoms with Gasteiger partial charge >= 0.3 is 0 Å². The number of carbonyl (C=O) groups excluding carboxylic acids is 1. The molecule has 108 valence electrons. The molecule has 1 aliphatic carbocycles. The van der Waals surface area contributed by atoms with E-state index in [0.29, 0.717) is 16.8 Å². The zero-order chi connectivity index (χ0) is 15.7. The molecule has 0 atom stereocenters. The molecule has 1 aliphatic rings. The Hall–Kier alpha value is -3.26. The van der Waals surface area contributed by atoms with Gasteiger partial charge in [-0.05, 0) is 35.9 Å². The third kappa shape index (κ3) is 2.07. The third-order valence-electron chi connectivity index (χ3n) is 3.46. The first-order chi connectivity index (χ1) is 10.7. The Morgan fingerprint density at radius 1 is 1.36 bits per heavy atom. The molecule has 0 amide bonds. The molecule has 0 spiro atoms. The van der Waals surface area contributed by atoms with Crippen molar-refractivity contribution >= 4 is 17.4 Å². The fraction of sp³-hybridized carbons (Fsp3) is 0.0588. The van der Waals surface area contributed by atoms with Gasteiger partial charge in [0, 0.05) is 6.20 Å². The zero-order valence-electron chi connectivity index (χ0n) is 11.8. The van der Waals surface area contributed by atoms with Gasteiger partial charge in [0.05, 0.1) is 18.3 Å². The van der Waals surface area contributed by atoms with Crippen LogP contribution in [0.3, 0.4) is 0 Å². The minimum absolute atomic E-state index is 0.0844. The lowest BCUT2D eigenvalue weighted by molar-refractivity contribution is -0.114. The molecule has 3 rings (SSSR count). The molecule has 22 heavy (non-hydrogen) atoms. The molecule has 0 unspecified atom stereocenters. The van der Waals surface area contributed by atoms with E-state index in [1.165, 1.54) is 13.2 Å². The van der Waals surface area contributed by atoms with Crippen molar-refractivity contribution < 1.29 is 14.6 Å². The number of ether oxygens (including phenoxy) is 1. The second-order valence-corrected chi connectivity index (χ2v) is 4.73. The van der Waals surface area contributed by atoms with Crippen LogP contribution in [0.4, 0.5) is 0 Å². The lowest BCUT2D eigenvalue weighted by Crippen LogP contribution is -2.04. The highest BCUT2D eigenvalue weighted by molar-refractivity contribution is 6.05. The van der Waals surface area contributed by atoms with Crippen LogP contribution in [0, 0.1) is 11.3 Å². The number of hydrogen-bond donors (Lipinski definition) is 1. The summed E-state index contributed by atoms with van der Waals surface area (Å²) in [5.41, 5.74) is 2.02. The van der Waals surface area contributed by atoms with Gasteiger partial charge in [-0.1, -0.05) is 12.1 Å². The lowest BCUT2D eigenvalue weighted by atomic mass is 10.1. The number of aromatic nitrogens is 1. The Labute approximate surface area is 126 Å². The average Bonchev–Trinajstić information content (AvgIpc) is 2.81.